The number of hydrogen-bond acceptors (Lipinski definition) is 3. The number of unbranched alkanes of at least 4 members (excludes halogenated alkanes) is 7. The van der Waals surface area contributed by atoms with Crippen LogP contribution in [0.1, 0.15) is 82.0 Å². The van der Waals surface area contributed by atoms with Gasteiger partial charge in [0.25, 0.3) is 0 Å². The molecule has 1 N–H and O–H groups in total. The summed E-state index contributed by atoms with van der Waals surface area (Å²) in [5.74, 6) is 0.374. The molecule has 1 aromatic carbocycles. The lowest BCUT2D eigenvalue weighted by molar-refractivity contribution is 0.0494. The van der Waals surface area contributed by atoms with E-state index in [1.807, 2.05) is 0 Å². The van der Waals surface area contributed by atoms with Gasteiger partial charge in [-0.05, 0) is 24.5 Å². The molecule has 3 nitrogen and oxygen atoms in total. The molecule has 0 saturated carbocycles. The Balaban J connectivity index is 1.94. The molecule has 0 radical (unpaired) electrons. The molecule has 0 heterocycles. The van der Waals surface area contributed by atoms with Crippen molar-refractivity contribution in [2.24, 2.45) is 5.92 Å². The van der Waals surface area contributed by atoms with E-state index in [2.05, 4.69) is 13.8 Å². The summed E-state index contributed by atoms with van der Waals surface area (Å²) in [6.07, 6.45) is 11.2. The summed E-state index contributed by atoms with van der Waals surface area (Å²) in [6.45, 7) is 5.00. The van der Waals surface area contributed by atoms with Crippen LogP contribution in [0.4, 0.5) is 0 Å². The van der Waals surface area contributed by atoms with E-state index in [4.69, 9.17) is 4.74 Å². The average molecular weight is 320 g/mol. The van der Waals surface area contributed by atoms with Crippen LogP contribution in [0.2, 0.25) is 0 Å². The number of phenols is 1. The van der Waals surface area contributed by atoms with Crippen molar-refractivity contribution in [3.8, 4) is 5.75 Å². The van der Waals surface area contributed by atoms with Gasteiger partial charge in [-0.15, -0.1) is 0 Å². The Morgan fingerprint density at radius 3 is 2.13 bits per heavy atom. The Morgan fingerprint density at radius 1 is 0.957 bits per heavy atom. The zero-order valence-corrected chi connectivity index (χ0v) is 14.7. The minimum atomic E-state index is -0.437. The monoisotopic (exact) mass is 320 g/mol. The third-order valence-electron chi connectivity index (χ3n) is 4.03. The first kappa shape index (κ1) is 19.5. The molecule has 1 aromatic rings. The summed E-state index contributed by atoms with van der Waals surface area (Å²) in [5.41, 5.74) is 0.244. The SMILES string of the molecule is CC(C)CCCCCCCCCCOC(=O)c1ccccc1O. The molecule has 0 saturated heterocycles. The molecule has 0 aromatic heterocycles. The smallest absolute Gasteiger partial charge is 0.341 e. The lowest BCUT2D eigenvalue weighted by Gasteiger charge is -2.06. The maximum Gasteiger partial charge on any atom is 0.341 e. The van der Waals surface area contributed by atoms with Gasteiger partial charge in [-0.25, -0.2) is 4.79 Å². The number of carbonyl (C=O) groups excluding carboxylic acids is 1. The summed E-state index contributed by atoms with van der Waals surface area (Å²) < 4.78 is 5.19. The van der Waals surface area contributed by atoms with Crippen LogP contribution in [0.5, 0.6) is 5.75 Å². The second-order valence-corrected chi connectivity index (χ2v) is 6.66. The molecule has 0 amide bonds. The molecule has 130 valence electrons. The van der Waals surface area contributed by atoms with Crippen LogP contribution in [0.25, 0.3) is 0 Å². The number of ether oxygens (including phenoxy) is 1. The lowest BCUT2D eigenvalue weighted by atomic mass is 10.0. The van der Waals surface area contributed by atoms with E-state index in [0.717, 1.165) is 18.8 Å². The Labute approximate surface area is 141 Å². The topological polar surface area (TPSA) is 46.5 Å². The van der Waals surface area contributed by atoms with E-state index >= 15 is 0 Å². The fourth-order valence-corrected chi connectivity index (χ4v) is 2.60. The molecule has 0 fully saturated rings. The summed E-state index contributed by atoms with van der Waals surface area (Å²) in [5, 5.41) is 9.57. The fourth-order valence-electron chi connectivity index (χ4n) is 2.60. The second-order valence-electron chi connectivity index (χ2n) is 6.66. The van der Waals surface area contributed by atoms with Crippen molar-refractivity contribution in [2.45, 2.75) is 71.6 Å². The molecule has 0 spiro atoms. The lowest BCUT2D eigenvalue weighted by Crippen LogP contribution is -2.06. The summed E-state index contributed by atoms with van der Waals surface area (Å²) in [7, 11) is 0. The summed E-state index contributed by atoms with van der Waals surface area (Å²) in [6, 6.07) is 6.49. The zero-order chi connectivity index (χ0) is 16.9. The molecule has 0 aliphatic heterocycles. The Bertz CT molecular complexity index is 440. The van der Waals surface area contributed by atoms with Crippen molar-refractivity contribution < 1.29 is 14.6 Å². The van der Waals surface area contributed by atoms with E-state index in [1.165, 1.54) is 51.0 Å². The normalized spacial score (nSPS) is 10.9. The van der Waals surface area contributed by atoms with Gasteiger partial charge < -0.3 is 9.84 Å². The standard InChI is InChI=1S/C20H32O3/c1-17(2)13-9-7-5-3-4-6-8-12-16-23-20(22)18-14-10-11-15-19(18)21/h10-11,14-15,17,21H,3-9,12-13,16H2,1-2H3. The number of rotatable bonds is 12. The highest BCUT2D eigenvalue weighted by Crippen LogP contribution is 2.17. The van der Waals surface area contributed by atoms with Crippen LogP contribution < -0.4 is 0 Å². The van der Waals surface area contributed by atoms with Gasteiger partial charge in [0.05, 0.1) is 6.61 Å². The minimum absolute atomic E-state index is 0.0185. The molecule has 0 aliphatic carbocycles. The highest BCUT2D eigenvalue weighted by atomic mass is 16.5. The largest absolute Gasteiger partial charge is 0.507 e. The van der Waals surface area contributed by atoms with Crippen molar-refractivity contribution in [1.29, 1.82) is 0 Å². The van der Waals surface area contributed by atoms with Gasteiger partial charge in [-0.1, -0.05) is 77.3 Å². The molecule has 0 atom stereocenters. The van der Waals surface area contributed by atoms with Gasteiger partial charge in [-0.2, -0.15) is 0 Å². The highest BCUT2D eigenvalue weighted by Gasteiger charge is 2.10. The molecule has 3 heteroatoms. The van der Waals surface area contributed by atoms with Crippen LogP contribution in [0, 0.1) is 5.92 Å². The maximum absolute atomic E-state index is 11.8. The van der Waals surface area contributed by atoms with Gasteiger partial charge >= 0.3 is 5.97 Å². The minimum Gasteiger partial charge on any atom is -0.507 e. The van der Waals surface area contributed by atoms with Gasteiger partial charge in [0, 0.05) is 0 Å². The quantitative estimate of drug-likeness (QED) is 0.396. The van der Waals surface area contributed by atoms with Crippen LogP contribution >= 0.6 is 0 Å². The first-order valence-electron chi connectivity index (χ1n) is 9.06. The molecule has 23 heavy (non-hydrogen) atoms. The number of carbonyl (C=O) groups is 1. The maximum atomic E-state index is 11.8. The number of aromatic hydroxyl groups is 1. The highest BCUT2D eigenvalue weighted by molar-refractivity contribution is 5.92. The molecular weight excluding hydrogens is 288 g/mol. The predicted octanol–water partition coefficient (Wildman–Crippen LogP) is 5.72. The van der Waals surface area contributed by atoms with Gasteiger partial charge in [0.2, 0.25) is 0 Å². The van der Waals surface area contributed by atoms with E-state index < -0.39 is 5.97 Å². The number of esters is 1. The Hall–Kier alpha value is -1.51. The number of benzene rings is 1. The van der Waals surface area contributed by atoms with E-state index in [-0.39, 0.29) is 11.3 Å². The second kappa shape index (κ2) is 12.0. The van der Waals surface area contributed by atoms with Crippen molar-refractivity contribution in [1.82, 2.24) is 0 Å². The van der Waals surface area contributed by atoms with Crippen LogP contribution in [0.15, 0.2) is 24.3 Å². The van der Waals surface area contributed by atoms with Gasteiger partial charge in [0.1, 0.15) is 11.3 Å². The van der Waals surface area contributed by atoms with Crippen molar-refractivity contribution in [3.63, 3.8) is 0 Å². The van der Waals surface area contributed by atoms with Crippen LogP contribution in [0.3, 0.4) is 0 Å². The number of phenolic OH excluding ortho intramolecular Hbond substituents is 1. The molecule has 0 unspecified atom stereocenters. The van der Waals surface area contributed by atoms with E-state index in [1.54, 1.807) is 18.2 Å². The third kappa shape index (κ3) is 9.27. The van der Waals surface area contributed by atoms with Gasteiger partial charge in [0.15, 0.2) is 0 Å². The van der Waals surface area contributed by atoms with E-state index in [0.29, 0.717) is 6.61 Å². The molecule has 1 rings (SSSR count). The van der Waals surface area contributed by atoms with Crippen molar-refractivity contribution >= 4 is 5.97 Å². The predicted molar refractivity (Wildman–Crippen MR) is 94.8 cm³/mol. The van der Waals surface area contributed by atoms with Gasteiger partial charge in [-0.3, -0.25) is 0 Å². The van der Waals surface area contributed by atoms with Crippen molar-refractivity contribution in [3.05, 3.63) is 29.8 Å². The first-order valence-corrected chi connectivity index (χ1v) is 9.06. The Morgan fingerprint density at radius 2 is 1.52 bits per heavy atom. The van der Waals surface area contributed by atoms with Crippen molar-refractivity contribution in [2.75, 3.05) is 6.61 Å². The Kier molecular flexibility index (Phi) is 10.2. The number of para-hydroxylation sites is 1. The number of hydrogen-bond donors (Lipinski definition) is 1. The molecule has 0 bridgehead atoms. The average Bonchev–Trinajstić information content (AvgIpc) is 2.52. The summed E-state index contributed by atoms with van der Waals surface area (Å²) in [4.78, 5) is 11.8. The fraction of sp³-hybridized carbons (Fsp3) is 0.650. The third-order valence-corrected chi connectivity index (χ3v) is 4.03. The zero-order valence-electron chi connectivity index (χ0n) is 14.7. The summed E-state index contributed by atoms with van der Waals surface area (Å²) >= 11 is 0. The van der Waals surface area contributed by atoms with Crippen LogP contribution in [-0.4, -0.2) is 17.7 Å². The first-order chi connectivity index (χ1) is 11.1. The molecular formula is C20H32O3. The molecule has 0 aliphatic rings. The van der Waals surface area contributed by atoms with Crippen LogP contribution in [-0.2, 0) is 4.74 Å². The van der Waals surface area contributed by atoms with E-state index in [9.17, 15) is 9.90 Å².